The minimum atomic E-state index is -0.418. The lowest BCUT2D eigenvalue weighted by Gasteiger charge is -2.25. The molecule has 0 aliphatic heterocycles. The zero-order chi connectivity index (χ0) is 15.1. The second-order valence-corrected chi connectivity index (χ2v) is 5.98. The van der Waals surface area contributed by atoms with Crippen LogP contribution in [-0.2, 0) is 11.2 Å². The number of ketones is 1. The lowest BCUT2D eigenvalue weighted by atomic mass is 9.79. The molecule has 1 aromatic carbocycles. The van der Waals surface area contributed by atoms with E-state index in [1.54, 1.807) is 29.7 Å². The van der Waals surface area contributed by atoms with Crippen LogP contribution in [-0.4, -0.2) is 10.4 Å². The first-order chi connectivity index (χ1) is 9.99. The normalized spacial score (nSPS) is 21.1. The molecule has 5 heteroatoms. The number of nitrogens with zero attached hydrogens (tertiary/aromatic N) is 1. The van der Waals surface area contributed by atoms with Gasteiger partial charge in [0.15, 0.2) is 0 Å². The van der Waals surface area contributed by atoms with E-state index in [0.29, 0.717) is 22.9 Å². The third-order valence-corrected chi connectivity index (χ3v) is 4.47. The highest BCUT2D eigenvalue weighted by Crippen LogP contribution is 2.36. The van der Waals surface area contributed by atoms with Crippen molar-refractivity contribution < 1.29 is 9.21 Å². The Balaban J connectivity index is 2.13. The number of hydrogen-bond acceptors (Lipinski definition) is 3. The van der Waals surface area contributed by atoms with Crippen molar-refractivity contribution in [1.29, 1.82) is 0 Å². The van der Waals surface area contributed by atoms with Gasteiger partial charge in [-0.2, -0.15) is 0 Å². The molecular formula is C16H16ClNO3. The zero-order valence-electron chi connectivity index (χ0n) is 11.9. The molecule has 0 saturated carbocycles. The number of rotatable bonds is 2. The summed E-state index contributed by atoms with van der Waals surface area (Å²) in [5, 5.41) is 0.569. The first kappa shape index (κ1) is 14.1. The summed E-state index contributed by atoms with van der Waals surface area (Å²) in [5.74, 6) is 0.214. The maximum absolute atomic E-state index is 12.2. The second kappa shape index (κ2) is 5.19. The van der Waals surface area contributed by atoms with E-state index in [9.17, 15) is 9.59 Å². The molecule has 0 unspecified atom stereocenters. The second-order valence-electron chi connectivity index (χ2n) is 5.54. The smallest absolute Gasteiger partial charge is 0.412 e. The Morgan fingerprint density at radius 3 is 2.86 bits per heavy atom. The number of aromatic nitrogens is 1. The molecule has 0 bridgehead atoms. The Kier molecular flexibility index (Phi) is 3.49. The van der Waals surface area contributed by atoms with Gasteiger partial charge in [-0.25, -0.2) is 9.36 Å². The van der Waals surface area contributed by atoms with E-state index in [2.05, 4.69) is 0 Å². The molecule has 4 nitrogen and oxygen atoms in total. The molecule has 1 heterocycles. The Bertz CT molecular complexity index is 759. The maximum Gasteiger partial charge on any atom is 0.424 e. The fourth-order valence-corrected chi connectivity index (χ4v) is 3.35. The van der Waals surface area contributed by atoms with Crippen molar-refractivity contribution >= 4 is 17.4 Å². The van der Waals surface area contributed by atoms with Crippen molar-refractivity contribution in [3.05, 3.63) is 51.3 Å². The monoisotopic (exact) mass is 305 g/mol. The molecule has 0 amide bonds. The average molecular weight is 306 g/mol. The van der Waals surface area contributed by atoms with E-state index in [-0.39, 0.29) is 17.6 Å². The van der Waals surface area contributed by atoms with E-state index in [4.69, 9.17) is 16.0 Å². The van der Waals surface area contributed by atoms with Gasteiger partial charge in [0.2, 0.25) is 0 Å². The predicted molar refractivity (Wildman–Crippen MR) is 80.2 cm³/mol. The summed E-state index contributed by atoms with van der Waals surface area (Å²) in [4.78, 5) is 23.9. The van der Waals surface area contributed by atoms with Crippen LogP contribution in [0.25, 0.3) is 5.69 Å². The molecule has 1 aromatic heterocycles. The quantitative estimate of drug-likeness (QED) is 0.855. The number of fused-ring (bicyclic) bond motifs is 1. The number of carbonyl (C=O) groups excluding carboxylic acids is 1. The molecule has 0 N–H and O–H groups in total. The summed E-state index contributed by atoms with van der Waals surface area (Å²) in [6.07, 6.45) is 1.39. The van der Waals surface area contributed by atoms with Gasteiger partial charge < -0.3 is 4.42 Å². The van der Waals surface area contributed by atoms with Crippen molar-refractivity contribution in [1.82, 2.24) is 4.57 Å². The van der Waals surface area contributed by atoms with Gasteiger partial charge in [-0.05, 0) is 38.0 Å². The summed E-state index contributed by atoms with van der Waals surface area (Å²) < 4.78 is 7.00. The van der Waals surface area contributed by atoms with Crippen LogP contribution in [0.4, 0.5) is 0 Å². The number of hydrogen-bond donors (Lipinski definition) is 0. The number of halogens is 1. The van der Waals surface area contributed by atoms with Crippen LogP contribution in [0.5, 0.6) is 0 Å². The van der Waals surface area contributed by atoms with Crippen LogP contribution in [0.3, 0.4) is 0 Å². The topological polar surface area (TPSA) is 52.2 Å². The Morgan fingerprint density at radius 2 is 2.19 bits per heavy atom. The first-order valence-corrected chi connectivity index (χ1v) is 7.38. The number of carbonyl (C=O) groups is 1. The van der Waals surface area contributed by atoms with Crippen molar-refractivity contribution in [2.45, 2.75) is 32.6 Å². The lowest BCUT2D eigenvalue weighted by molar-refractivity contribution is -0.121. The molecule has 1 aliphatic rings. The van der Waals surface area contributed by atoms with Gasteiger partial charge in [-0.15, -0.1) is 0 Å². The van der Waals surface area contributed by atoms with E-state index < -0.39 is 5.76 Å². The highest BCUT2D eigenvalue weighted by atomic mass is 35.5. The Labute approximate surface area is 127 Å². The van der Waals surface area contributed by atoms with E-state index in [1.165, 1.54) is 0 Å². The summed E-state index contributed by atoms with van der Waals surface area (Å²) in [7, 11) is 0. The molecular weight excluding hydrogens is 290 g/mol. The first-order valence-electron chi connectivity index (χ1n) is 7.00. The standard InChI is InChI=1S/C16H16ClNO3/c1-9-13(10(2)19)6-7-14-15(9)21-16(20)18(14)12-5-3-4-11(17)8-12/h3-5,8-9,13H,6-7H2,1-2H3/t9-,13-/m0/s1. The number of Topliss-reactive ketones (excluding diaryl/α,β-unsaturated/α-hetero) is 1. The average Bonchev–Trinajstić information content (AvgIpc) is 2.76. The highest BCUT2D eigenvalue weighted by molar-refractivity contribution is 6.30. The van der Waals surface area contributed by atoms with Gasteiger partial charge in [-0.1, -0.05) is 24.6 Å². The third kappa shape index (κ3) is 2.33. The number of oxazole rings is 1. The molecule has 110 valence electrons. The Hall–Kier alpha value is -1.81. The van der Waals surface area contributed by atoms with Gasteiger partial charge in [0.05, 0.1) is 11.4 Å². The lowest BCUT2D eigenvalue weighted by Crippen LogP contribution is -2.25. The molecule has 1 aliphatic carbocycles. The summed E-state index contributed by atoms with van der Waals surface area (Å²) >= 11 is 6.00. The summed E-state index contributed by atoms with van der Waals surface area (Å²) in [5.41, 5.74) is 1.55. The fraction of sp³-hybridized carbons (Fsp3) is 0.375. The molecule has 0 radical (unpaired) electrons. The van der Waals surface area contributed by atoms with Crippen LogP contribution < -0.4 is 5.76 Å². The molecule has 2 aromatic rings. The van der Waals surface area contributed by atoms with Gasteiger partial charge >= 0.3 is 5.76 Å². The molecule has 3 rings (SSSR count). The highest BCUT2D eigenvalue weighted by Gasteiger charge is 2.35. The minimum absolute atomic E-state index is 0.0700. The van der Waals surface area contributed by atoms with Gasteiger partial charge in [0.1, 0.15) is 11.5 Å². The molecule has 0 saturated heterocycles. The van der Waals surface area contributed by atoms with Crippen LogP contribution in [0.15, 0.2) is 33.5 Å². The van der Waals surface area contributed by atoms with Crippen LogP contribution in [0.1, 0.15) is 37.6 Å². The molecule has 0 fully saturated rings. The molecule has 21 heavy (non-hydrogen) atoms. The van der Waals surface area contributed by atoms with Crippen molar-refractivity contribution in [2.24, 2.45) is 5.92 Å². The van der Waals surface area contributed by atoms with Crippen LogP contribution >= 0.6 is 11.6 Å². The Morgan fingerprint density at radius 1 is 1.43 bits per heavy atom. The van der Waals surface area contributed by atoms with Crippen molar-refractivity contribution in [2.75, 3.05) is 0 Å². The van der Waals surface area contributed by atoms with Gasteiger partial charge in [0.25, 0.3) is 0 Å². The van der Waals surface area contributed by atoms with Crippen LogP contribution in [0.2, 0.25) is 5.02 Å². The largest absolute Gasteiger partial charge is 0.424 e. The van der Waals surface area contributed by atoms with E-state index in [0.717, 1.165) is 12.1 Å². The summed E-state index contributed by atoms with van der Waals surface area (Å²) in [6, 6.07) is 7.12. The number of benzene rings is 1. The predicted octanol–water partition coefficient (Wildman–Crippen LogP) is 3.34. The van der Waals surface area contributed by atoms with Crippen molar-refractivity contribution in [3.8, 4) is 5.69 Å². The van der Waals surface area contributed by atoms with Crippen molar-refractivity contribution in [3.63, 3.8) is 0 Å². The van der Waals surface area contributed by atoms with Crippen LogP contribution in [0, 0.1) is 5.92 Å². The SMILES string of the molecule is CC(=O)[C@H]1CCc2c(oc(=O)n2-c2cccc(Cl)c2)[C@H]1C. The molecule has 0 spiro atoms. The van der Waals surface area contributed by atoms with Gasteiger partial charge in [0, 0.05) is 16.9 Å². The van der Waals surface area contributed by atoms with E-state index in [1.807, 2.05) is 13.0 Å². The third-order valence-electron chi connectivity index (χ3n) is 4.23. The minimum Gasteiger partial charge on any atom is -0.412 e. The van der Waals surface area contributed by atoms with E-state index >= 15 is 0 Å². The van der Waals surface area contributed by atoms with Gasteiger partial charge in [-0.3, -0.25) is 4.79 Å². The summed E-state index contributed by atoms with van der Waals surface area (Å²) in [6.45, 7) is 3.54. The zero-order valence-corrected chi connectivity index (χ0v) is 12.7. The maximum atomic E-state index is 12.2. The molecule has 2 atom stereocenters. The fourth-order valence-electron chi connectivity index (χ4n) is 3.17.